The highest BCUT2D eigenvalue weighted by molar-refractivity contribution is 9.09. The number of fused-ring (bicyclic) bond motifs is 2. The minimum atomic E-state index is -1.73. The Morgan fingerprint density at radius 3 is 2.40 bits per heavy atom. The third-order valence-electron chi connectivity index (χ3n) is 10.8. The highest BCUT2D eigenvalue weighted by Crippen LogP contribution is 2.42. The van der Waals surface area contributed by atoms with Crippen LogP contribution in [-0.4, -0.2) is 108 Å². The molecule has 3 heterocycles. The SMILES string of the molecule is C=CCOC(=O)N1C[C@@H]2CC(c3ccc(N4CCN(CCO[Si](C)(C)C(C)(C)C)CC4)cc3)=CN2C(=O)c2cc(OC)c(OCCCCCBr)cc21. The zero-order valence-electron chi connectivity index (χ0n) is 31.9. The number of benzene rings is 2. The molecule has 5 rings (SSSR count). The number of methoxy groups -OCH3 is 1. The molecular formula is C40H57BrN4O6Si. The van der Waals surface area contributed by atoms with E-state index in [-0.39, 0.29) is 30.1 Å². The van der Waals surface area contributed by atoms with Crippen molar-refractivity contribution in [2.45, 2.75) is 70.6 Å². The van der Waals surface area contributed by atoms with Gasteiger partial charge in [-0.3, -0.25) is 14.6 Å². The number of nitrogens with zero attached hydrogens (tertiary/aromatic N) is 4. The molecule has 0 unspecified atom stereocenters. The molecule has 0 radical (unpaired) electrons. The number of carbonyl (C=O) groups excluding carboxylic acids is 2. The van der Waals surface area contributed by atoms with Crippen LogP contribution in [0.2, 0.25) is 18.1 Å². The fourth-order valence-electron chi connectivity index (χ4n) is 6.61. The van der Waals surface area contributed by atoms with Gasteiger partial charge in [-0.1, -0.05) is 61.5 Å². The van der Waals surface area contributed by atoms with Gasteiger partial charge < -0.3 is 28.4 Å². The van der Waals surface area contributed by atoms with Crippen LogP contribution in [0, 0.1) is 0 Å². The molecule has 2 aromatic carbocycles. The van der Waals surface area contributed by atoms with E-state index in [1.807, 2.05) is 6.20 Å². The molecule has 2 aromatic rings. The lowest BCUT2D eigenvalue weighted by molar-refractivity contribution is 0.0793. The molecule has 3 aliphatic rings. The van der Waals surface area contributed by atoms with Crippen LogP contribution in [0.3, 0.4) is 0 Å². The molecule has 3 aliphatic heterocycles. The second-order valence-corrected chi connectivity index (χ2v) is 20.9. The Kier molecular flexibility index (Phi) is 13.5. The highest BCUT2D eigenvalue weighted by atomic mass is 79.9. The first-order valence-corrected chi connectivity index (χ1v) is 22.6. The zero-order valence-corrected chi connectivity index (χ0v) is 34.5. The van der Waals surface area contributed by atoms with Crippen molar-refractivity contribution in [1.82, 2.24) is 9.80 Å². The van der Waals surface area contributed by atoms with Gasteiger partial charge in [-0.05, 0) is 73.2 Å². The van der Waals surface area contributed by atoms with E-state index < -0.39 is 14.4 Å². The summed E-state index contributed by atoms with van der Waals surface area (Å²) in [7, 11) is -0.174. The van der Waals surface area contributed by atoms with Gasteiger partial charge in [0, 0.05) is 62.6 Å². The molecule has 12 heteroatoms. The summed E-state index contributed by atoms with van der Waals surface area (Å²) in [5, 5.41) is 1.17. The number of halogens is 1. The van der Waals surface area contributed by atoms with Crippen LogP contribution in [0.15, 0.2) is 55.3 Å². The average molecular weight is 798 g/mol. The quantitative estimate of drug-likeness (QED) is 0.0773. The van der Waals surface area contributed by atoms with Gasteiger partial charge in [0.2, 0.25) is 0 Å². The predicted octanol–water partition coefficient (Wildman–Crippen LogP) is 8.18. The van der Waals surface area contributed by atoms with Gasteiger partial charge in [-0.25, -0.2) is 4.79 Å². The number of anilines is 2. The van der Waals surface area contributed by atoms with Gasteiger partial charge >= 0.3 is 6.09 Å². The van der Waals surface area contributed by atoms with Crippen LogP contribution in [0.5, 0.6) is 11.5 Å². The number of piperazine rings is 1. The van der Waals surface area contributed by atoms with Gasteiger partial charge in [-0.15, -0.1) is 0 Å². The topological polar surface area (TPSA) is 84.0 Å². The van der Waals surface area contributed by atoms with Crippen LogP contribution < -0.4 is 19.3 Å². The van der Waals surface area contributed by atoms with E-state index in [0.29, 0.717) is 35.8 Å². The standard InChI is InChI=1S/C40H57BrN4O6Si/c1-8-22-50-39(47)45-29-33-25-31(28-44(33)38(46)34-26-36(48-5)37(27-35(34)45)49-23-11-9-10-16-41)30-12-14-32(15-13-30)43-19-17-42(18-20-43)21-24-51-52(6,7)40(2,3)4/h8,12-15,26-28,33H,1,9-11,16-25,29H2,2-7H3/t33-/m0/s1. The molecule has 10 nitrogen and oxygen atoms in total. The molecule has 0 saturated carbocycles. The largest absolute Gasteiger partial charge is 0.493 e. The summed E-state index contributed by atoms with van der Waals surface area (Å²) in [4.78, 5) is 35.9. The minimum absolute atomic E-state index is 0.0661. The van der Waals surface area contributed by atoms with E-state index >= 15 is 0 Å². The maximum absolute atomic E-state index is 14.2. The number of rotatable bonds is 15. The van der Waals surface area contributed by atoms with Crippen molar-refractivity contribution in [1.29, 1.82) is 0 Å². The molecule has 0 bridgehead atoms. The minimum Gasteiger partial charge on any atom is -0.493 e. The van der Waals surface area contributed by atoms with Crippen molar-refractivity contribution >= 4 is 53.2 Å². The second-order valence-electron chi connectivity index (χ2n) is 15.3. The smallest absolute Gasteiger partial charge is 0.414 e. The van der Waals surface area contributed by atoms with Crippen molar-refractivity contribution in [3.05, 3.63) is 66.4 Å². The molecule has 2 amide bonds. The molecule has 0 N–H and O–H groups in total. The first kappa shape index (κ1) is 39.9. The van der Waals surface area contributed by atoms with E-state index in [0.717, 1.165) is 75.1 Å². The third-order valence-corrected chi connectivity index (χ3v) is 15.9. The number of hydrogen-bond donors (Lipinski definition) is 0. The van der Waals surface area contributed by atoms with Crippen LogP contribution in [-0.2, 0) is 9.16 Å². The maximum Gasteiger partial charge on any atom is 0.414 e. The lowest BCUT2D eigenvalue weighted by Gasteiger charge is -2.39. The Hall–Kier alpha value is -3.32. The number of hydrogen-bond acceptors (Lipinski definition) is 8. The number of ether oxygens (including phenoxy) is 3. The summed E-state index contributed by atoms with van der Waals surface area (Å²) in [5.41, 5.74) is 4.12. The Labute approximate surface area is 319 Å². The summed E-state index contributed by atoms with van der Waals surface area (Å²) in [6, 6.07) is 11.8. The molecule has 0 aliphatic carbocycles. The summed E-state index contributed by atoms with van der Waals surface area (Å²) >= 11 is 3.47. The first-order chi connectivity index (χ1) is 24.9. The zero-order chi connectivity index (χ0) is 37.5. The van der Waals surface area contributed by atoms with Crippen LogP contribution in [0.1, 0.15) is 62.4 Å². The summed E-state index contributed by atoms with van der Waals surface area (Å²) in [6.07, 6.45) is 6.51. The monoisotopic (exact) mass is 796 g/mol. The summed E-state index contributed by atoms with van der Waals surface area (Å²) in [5.74, 6) is 0.745. The Morgan fingerprint density at radius 2 is 1.75 bits per heavy atom. The summed E-state index contributed by atoms with van der Waals surface area (Å²) in [6.45, 7) is 21.7. The van der Waals surface area contributed by atoms with E-state index in [2.05, 4.69) is 90.4 Å². The number of unbranched alkanes of at least 4 members (excludes halogenated alkanes) is 2. The maximum atomic E-state index is 14.2. The summed E-state index contributed by atoms with van der Waals surface area (Å²) < 4.78 is 23.7. The van der Waals surface area contributed by atoms with Crippen molar-refractivity contribution in [3.63, 3.8) is 0 Å². The molecule has 1 saturated heterocycles. The van der Waals surface area contributed by atoms with Crippen molar-refractivity contribution < 1.29 is 28.2 Å². The fourth-order valence-corrected chi connectivity index (χ4v) is 8.04. The molecule has 0 aromatic heterocycles. The molecular weight excluding hydrogens is 740 g/mol. The molecule has 1 atom stereocenters. The molecule has 0 spiro atoms. The van der Waals surface area contributed by atoms with Gasteiger partial charge in [0.15, 0.2) is 19.8 Å². The normalized spacial score (nSPS) is 18.1. The van der Waals surface area contributed by atoms with Crippen molar-refractivity contribution in [2.24, 2.45) is 0 Å². The lowest BCUT2D eigenvalue weighted by Crippen LogP contribution is -2.48. The van der Waals surface area contributed by atoms with E-state index in [9.17, 15) is 9.59 Å². The highest BCUT2D eigenvalue weighted by Gasteiger charge is 2.40. The molecule has 52 heavy (non-hydrogen) atoms. The lowest BCUT2D eigenvalue weighted by atomic mass is 10.0. The van der Waals surface area contributed by atoms with Gasteiger partial charge in [0.1, 0.15) is 6.61 Å². The van der Waals surface area contributed by atoms with Gasteiger partial charge in [0.25, 0.3) is 5.91 Å². The van der Waals surface area contributed by atoms with Crippen molar-refractivity contribution in [2.75, 3.05) is 81.3 Å². The van der Waals surface area contributed by atoms with Gasteiger partial charge in [0.05, 0.1) is 37.6 Å². The Morgan fingerprint density at radius 1 is 1.02 bits per heavy atom. The van der Waals surface area contributed by atoms with Gasteiger partial charge in [-0.2, -0.15) is 0 Å². The van der Waals surface area contributed by atoms with Crippen LogP contribution in [0.4, 0.5) is 16.2 Å². The van der Waals surface area contributed by atoms with Crippen LogP contribution in [0.25, 0.3) is 5.57 Å². The van der Waals surface area contributed by atoms with E-state index in [4.69, 9.17) is 18.6 Å². The first-order valence-electron chi connectivity index (χ1n) is 18.6. The number of alkyl halides is 1. The Bertz CT molecular complexity index is 1590. The van der Waals surface area contributed by atoms with E-state index in [1.165, 1.54) is 11.8 Å². The van der Waals surface area contributed by atoms with E-state index in [1.54, 1.807) is 29.0 Å². The van der Waals surface area contributed by atoms with Crippen molar-refractivity contribution in [3.8, 4) is 11.5 Å². The molecule has 284 valence electrons. The average Bonchev–Trinajstić information content (AvgIpc) is 3.51. The van der Waals surface area contributed by atoms with Crippen LogP contribution >= 0.6 is 15.9 Å². The molecule has 1 fully saturated rings. The fraction of sp³-hybridized carbons (Fsp3) is 0.550. The predicted molar refractivity (Wildman–Crippen MR) is 216 cm³/mol. The number of amides is 2. The third kappa shape index (κ3) is 9.42. The Balaban J connectivity index is 1.27. The second kappa shape index (κ2) is 17.7. The number of carbonyl (C=O) groups is 2.